The third-order valence-electron chi connectivity index (χ3n) is 3.77. The molecular formula is C16H21N3OS. The molecule has 2 aromatic rings. The molecule has 112 valence electrons. The summed E-state index contributed by atoms with van der Waals surface area (Å²) in [6, 6.07) is 10.3. The highest BCUT2D eigenvalue weighted by atomic mass is 32.2. The fraction of sp³-hybridized carbons (Fsp3) is 0.438. The zero-order valence-corrected chi connectivity index (χ0v) is 13.2. The van der Waals surface area contributed by atoms with Crippen molar-refractivity contribution in [1.82, 2.24) is 10.2 Å². The van der Waals surface area contributed by atoms with Crippen molar-refractivity contribution in [2.75, 3.05) is 16.8 Å². The second kappa shape index (κ2) is 5.64. The summed E-state index contributed by atoms with van der Waals surface area (Å²) in [4.78, 5) is 11.2. The molecule has 1 saturated heterocycles. The topological polar surface area (TPSA) is 60.7 Å². The van der Waals surface area contributed by atoms with E-state index in [1.165, 1.54) is 12.2 Å². The molecule has 5 heteroatoms. The van der Waals surface area contributed by atoms with Crippen LogP contribution in [0.5, 0.6) is 0 Å². The van der Waals surface area contributed by atoms with Gasteiger partial charge in [-0.2, -0.15) is 11.8 Å². The summed E-state index contributed by atoms with van der Waals surface area (Å²) < 4.78 is 0. The van der Waals surface area contributed by atoms with Gasteiger partial charge < -0.3 is 5.32 Å². The minimum Gasteiger partial charge on any atom is -0.381 e. The molecule has 0 amide bonds. The van der Waals surface area contributed by atoms with Crippen LogP contribution in [0.2, 0.25) is 0 Å². The van der Waals surface area contributed by atoms with Crippen LogP contribution in [0.15, 0.2) is 35.1 Å². The molecule has 4 nitrogen and oxygen atoms in total. The van der Waals surface area contributed by atoms with Crippen molar-refractivity contribution in [3.63, 3.8) is 0 Å². The molecule has 1 atom stereocenters. The van der Waals surface area contributed by atoms with Crippen LogP contribution in [0.4, 0.5) is 5.69 Å². The predicted molar refractivity (Wildman–Crippen MR) is 90.0 cm³/mol. The summed E-state index contributed by atoms with van der Waals surface area (Å²) >= 11 is 2.03. The van der Waals surface area contributed by atoms with Gasteiger partial charge in [0.2, 0.25) is 0 Å². The maximum atomic E-state index is 11.2. The van der Waals surface area contributed by atoms with Crippen molar-refractivity contribution in [3.8, 4) is 11.3 Å². The lowest BCUT2D eigenvalue weighted by atomic mass is 9.88. The highest BCUT2D eigenvalue weighted by Crippen LogP contribution is 2.34. The Bertz CT molecular complexity index is 657. The molecule has 1 aliphatic rings. The summed E-state index contributed by atoms with van der Waals surface area (Å²) in [5.41, 5.74) is 3.28. The molecule has 1 aliphatic heterocycles. The molecule has 0 radical (unpaired) electrons. The van der Waals surface area contributed by atoms with Crippen LogP contribution < -0.4 is 10.9 Å². The fourth-order valence-corrected chi connectivity index (χ4v) is 4.10. The van der Waals surface area contributed by atoms with Crippen LogP contribution in [0, 0.1) is 5.41 Å². The Morgan fingerprint density at radius 1 is 1.24 bits per heavy atom. The van der Waals surface area contributed by atoms with Crippen LogP contribution in [0.1, 0.15) is 20.3 Å². The second-order valence-electron chi connectivity index (χ2n) is 6.47. The fourth-order valence-electron chi connectivity index (χ4n) is 2.82. The Labute approximate surface area is 128 Å². The summed E-state index contributed by atoms with van der Waals surface area (Å²) in [5, 5.41) is 9.05. The normalized spacial score (nSPS) is 21.1. The number of benzene rings is 1. The van der Waals surface area contributed by atoms with Gasteiger partial charge in [-0.15, -0.1) is 0 Å². The molecule has 0 aliphatic carbocycles. The van der Waals surface area contributed by atoms with E-state index in [1.54, 1.807) is 6.07 Å². The number of nitrogens with one attached hydrogen (secondary N) is 3. The minimum atomic E-state index is -0.103. The first-order chi connectivity index (χ1) is 10.0. The number of hydrogen-bond acceptors (Lipinski definition) is 3. The lowest BCUT2D eigenvalue weighted by Crippen LogP contribution is -2.35. The van der Waals surface area contributed by atoms with E-state index in [0.717, 1.165) is 22.7 Å². The first-order valence-electron chi connectivity index (χ1n) is 7.24. The Morgan fingerprint density at radius 2 is 2.00 bits per heavy atom. The number of anilines is 1. The average Bonchev–Trinajstić information content (AvgIpc) is 2.85. The molecule has 3 N–H and O–H groups in total. The third-order valence-corrected chi connectivity index (χ3v) is 5.40. The number of aromatic amines is 2. The van der Waals surface area contributed by atoms with Crippen LogP contribution in [-0.2, 0) is 0 Å². The van der Waals surface area contributed by atoms with E-state index >= 15 is 0 Å². The summed E-state index contributed by atoms with van der Waals surface area (Å²) in [6.07, 6.45) is 1.20. The first kappa shape index (κ1) is 14.3. The van der Waals surface area contributed by atoms with E-state index in [4.69, 9.17) is 0 Å². The number of rotatable bonds is 3. The first-order valence-corrected chi connectivity index (χ1v) is 8.40. The smallest absolute Gasteiger partial charge is 0.264 e. The van der Waals surface area contributed by atoms with Crippen molar-refractivity contribution in [2.24, 2.45) is 5.41 Å². The zero-order chi connectivity index (χ0) is 14.9. The summed E-state index contributed by atoms with van der Waals surface area (Å²) in [5.74, 6) is 2.40. The van der Waals surface area contributed by atoms with Crippen molar-refractivity contribution in [1.29, 1.82) is 0 Å². The van der Waals surface area contributed by atoms with Gasteiger partial charge >= 0.3 is 0 Å². The summed E-state index contributed by atoms with van der Waals surface area (Å²) in [6.45, 7) is 4.67. The summed E-state index contributed by atoms with van der Waals surface area (Å²) in [7, 11) is 0. The Morgan fingerprint density at radius 3 is 2.62 bits per heavy atom. The van der Waals surface area contributed by atoms with Crippen molar-refractivity contribution < 1.29 is 0 Å². The standard InChI is InChI=1S/C16H21N3OS/c1-16(2)8-13(9-21-10-16)17-12-5-3-11(4-6-12)14-7-15(20)19-18-14/h3-7,13,17H,8-10H2,1-2H3,(H2,18,19,20). The van der Waals surface area contributed by atoms with Gasteiger partial charge in [0.1, 0.15) is 0 Å². The molecule has 0 spiro atoms. The highest BCUT2D eigenvalue weighted by Gasteiger charge is 2.28. The molecule has 0 saturated carbocycles. The lowest BCUT2D eigenvalue weighted by molar-refractivity contribution is 0.358. The number of hydrogen-bond donors (Lipinski definition) is 3. The third kappa shape index (κ3) is 3.53. The molecule has 2 heterocycles. The van der Waals surface area contributed by atoms with Gasteiger partial charge in [-0.3, -0.25) is 15.0 Å². The van der Waals surface area contributed by atoms with Gasteiger partial charge in [-0.25, -0.2) is 0 Å². The van der Waals surface area contributed by atoms with Crippen molar-refractivity contribution in [3.05, 3.63) is 40.7 Å². The van der Waals surface area contributed by atoms with Gasteiger partial charge in [0.05, 0.1) is 5.69 Å². The minimum absolute atomic E-state index is 0.103. The van der Waals surface area contributed by atoms with Gasteiger partial charge in [0, 0.05) is 23.5 Å². The maximum absolute atomic E-state index is 11.2. The monoisotopic (exact) mass is 303 g/mol. The number of aromatic nitrogens is 2. The average molecular weight is 303 g/mol. The van der Waals surface area contributed by atoms with Gasteiger partial charge in [-0.05, 0) is 35.3 Å². The lowest BCUT2D eigenvalue weighted by Gasteiger charge is -2.35. The highest BCUT2D eigenvalue weighted by molar-refractivity contribution is 7.99. The second-order valence-corrected chi connectivity index (χ2v) is 7.50. The Kier molecular flexibility index (Phi) is 3.85. The van der Waals surface area contributed by atoms with Crippen LogP contribution >= 0.6 is 11.8 Å². The Balaban J connectivity index is 1.68. The SMILES string of the molecule is CC1(C)CSCC(Nc2ccc(-c3cc(=O)[nH][nH]3)cc2)C1. The van der Waals surface area contributed by atoms with E-state index in [-0.39, 0.29) is 5.56 Å². The van der Waals surface area contributed by atoms with Gasteiger partial charge in [0.15, 0.2) is 0 Å². The van der Waals surface area contributed by atoms with Crippen LogP contribution in [-0.4, -0.2) is 27.7 Å². The molecule has 21 heavy (non-hydrogen) atoms. The largest absolute Gasteiger partial charge is 0.381 e. The van der Waals surface area contributed by atoms with Crippen LogP contribution in [0.3, 0.4) is 0 Å². The number of H-pyrrole nitrogens is 2. The van der Waals surface area contributed by atoms with E-state index < -0.39 is 0 Å². The van der Waals surface area contributed by atoms with Crippen LogP contribution in [0.25, 0.3) is 11.3 Å². The van der Waals surface area contributed by atoms with E-state index in [2.05, 4.69) is 41.5 Å². The van der Waals surface area contributed by atoms with E-state index in [0.29, 0.717) is 11.5 Å². The molecular weight excluding hydrogens is 282 g/mol. The quantitative estimate of drug-likeness (QED) is 0.815. The number of thioether (sulfide) groups is 1. The molecule has 1 fully saturated rings. The van der Waals surface area contributed by atoms with Gasteiger partial charge in [0.25, 0.3) is 5.56 Å². The molecule has 0 bridgehead atoms. The van der Waals surface area contributed by atoms with E-state index in [9.17, 15) is 4.79 Å². The van der Waals surface area contributed by atoms with Crippen molar-refractivity contribution >= 4 is 17.4 Å². The zero-order valence-electron chi connectivity index (χ0n) is 12.4. The van der Waals surface area contributed by atoms with Crippen molar-refractivity contribution in [2.45, 2.75) is 26.3 Å². The molecule has 1 aromatic heterocycles. The predicted octanol–water partition coefficient (Wildman–Crippen LogP) is 3.31. The molecule has 1 aromatic carbocycles. The molecule has 3 rings (SSSR count). The Hall–Kier alpha value is -1.62. The molecule has 1 unspecified atom stereocenters. The van der Waals surface area contributed by atoms with Gasteiger partial charge in [-0.1, -0.05) is 26.0 Å². The van der Waals surface area contributed by atoms with E-state index in [1.807, 2.05) is 23.9 Å². The maximum Gasteiger partial charge on any atom is 0.264 e.